The minimum atomic E-state index is -0.342. The van der Waals surface area contributed by atoms with Gasteiger partial charge in [0.05, 0.1) is 0 Å². The summed E-state index contributed by atoms with van der Waals surface area (Å²) in [4.78, 5) is 17.3. The van der Waals surface area contributed by atoms with Crippen molar-refractivity contribution in [2.45, 2.75) is 25.2 Å². The van der Waals surface area contributed by atoms with Crippen molar-refractivity contribution in [2.75, 3.05) is 32.7 Å². The van der Waals surface area contributed by atoms with Gasteiger partial charge in [0.1, 0.15) is 11.6 Å². The summed E-state index contributed by atoms with van der Waals surface area (Å²) in [7, 11) is 0. The number of benzene rings is 2. The molecule has 1 amide bonds. The summed E-state index contributed by atoms with van der Waals surface area (Å²) in [5.74, 6) is -0.146. The maximum absolute atomic E-state index is 13.4. The van der Waals surface area contributed by atoms with E-state index in [2.05, 4.69) is 4.90 Å². The number of amides is 1. The number of rotatable bonds is 4. The molecule has 2 aromatic rings. The summed E-state index contributed by atoms with van der Waals surface area (Å²) in [6.45, 7) is 4.46. The van der Waals surface area contributed by atoms with Crippen molar-refractivity contribution in [3.05, 3.63) is 71.3 Å². The van der Waals surface area contributed by atoms with E-state index >= 15 is 0 Å². The number of carbonyl (C=O) groups excluding carboxylic acids is 1. The van der Waals surface area contributed by atoms with E-state index in [0.717, 1.165) is 25.2 Å². The van der Waals surface area contributed by atoms with E-state index in [1.807, 2.05) is 17.0 Å². The van der Waals surface area contributed by atoms with Crippen LogP contribution in [0.25, 0.3) is 0 Å². The van der Waals surface area contributed by atoms with Crippen LogP contribution in [0.15, 0.2) is 48.5 Å². The van der Waals surface area contributed by atoms with Crippen molar-refractivity contribution >= 4 is 5.91 Å². The van der Waals surface area contributed by atoms with Gasteiger partial charge in [0, 0.05) is 31.1 Å². The molecular weight excluding hydrogens is 358 g/mol. The van der Waals surface area contributed by atoms with Crippen LogP contribution in [0, 0.1) is 17.6 Å². The van der Waals surface area contributed by atoms with E-state index in [4.69, 9.17) is 0 Å². The first-order chi connectivity index (χ1) is 13.6. The predicted octanol–water partition coefficient (Wildman–Crippen LogP) is 4.31. The Bertz CT molecular complexity index is 800. The first-order valence-corrected chi connectivity index (χ1v) is 10.1. The van der Waals surface area contributed by atoms with E-state index in [1.165, 1.54) is 43.5 Å². The second kappa shape index (κ2) is 8.39. The van der Waals surface area contributed by atoms with E-state index < -0.39 is 0 Å². The number of carbonyl (C=O) groups is 1. The van der Waals surface area contributed by atoms with Crippen LogP contribution in [0.1, 0.15) is 41.1 Å². The molecule has 0 aromatic heterocycles. The highest BCUT2D eigenvalue weighted by Gasteiger charge is 2.37. The number of likely N-dealkylation sites (tertiary alicyclic amines) is 2. The van der Waals surface area contributed by atoms with Crippen LogP contribution in [0.2, 0.25) is 0 Å². The Kier molecular flexibility index (Phi) is 5.72. The molecule has 2 aromatic carbocycles. The molecule has 5 heteroatoms. The standard InChI is InChI=1S/C23H26F2N2O/c24-20-8-4-17(5-9-20)22-16-27(23(28)18-6-10-21(25)11-7-18)15-19(22)14-26-12-2-1-3-13-26/h4-11,19,22H,1-3,12-16H2. The van der Waals surface area contributed by atoms with Gasteiger partial charge in [-0.25, -0.2) is 8.78 Å². The fourth-order valence-corrected chi connectivity index (χ4v) is 4.56. The molecule has 2 aliphatic rings. The Balaban J connectivity index is 1.54. The fourth-order valence-electron chi connectivity index (χ4n) is 4.56. The molecule has 28 heavy (non-hydrogen) atoms. The molecule has 0 aliphatic carbocycles. The Labute approximate surface area is 165 Å². The lowest BCUT2D eigenvalue weighted by atomic mass is 9.88. The van der Waals surface area contributed by atoms with Crippen LogP contribution in [0.3, 0.4) is 0 Å². The maximum Gasteiger partial charge on any atom is 0.253 e. The average molecular weight is 384 g/mol. The Morgan fingerprint density at radius 3 is 2.11 bits per heavy atom. The molecule has 3 nitrogen and oxygen atoms in total. The lowest BCUT2D eigenvalue weighted by Crippen LogP contribution is -2.36. The van der Waals surface area contributed by atoms with Crippen LogP contribution in [-0.2, 0) is 0 Å². The molecule has 2 unspecified atom stereocenters. The average Bonchev–Trinajstić information content (AvgIpc) is 3.13. The van der Waals surface area contributed by atoms with Gasteiger partial charge in [-0.2, -0.15) is 0 Å². The zero-order valence-corrected chi connectivity index (χ0v) is 16.0. The van der Waals surface area contributed by atoms with E-state index in [-0.39, 0.29) is 23.5 Å². The molecule has 2 aliphatic heterocycles. The highest BCUT2D eigenvalue weighted by atomic mass is 19.1. The molecule has 0 bridgehead atoms. The highest BCUT2D eigenvalue weighted by molar-refractivity contribution is 5.94. The van der Waals surface area contributed by atoms with E-state index in [9.17, 15) is 13.6 Å². The molecule has 0 radical (unpaired) electrons. The topological polar surface area (TPSA) is 23.6 Å². The Morgan fingerprint density at radius 1 is 0.857 bits per heavy atom. The van der Waals surface area contributed by atoms with E-state index in [0.29, 0.717) is 24.6 Å². The summed E-state index contributed by atoms with van der Waals surface area (Å²) in [6.07, 6.45) is 3.75. The Morgan fingerprint density at radius 2 is 1.46 bits per heavy atom. The molecule has 2 heterocycles. The minimum absolute atomic E-state index is 0.0618. The molecule has 2 saturated heterocycles. The zero-order valence-electron chi connectivity index (χ0n) is 16.0. The molecule has 0 spiro atoms. The largest absolute Gasteiger partial charge is 0.338 e. The predicted molar refractivity (Wildman–Crippen MR) is 105 cm³/mol. The molecule has 0 N–H and O–H groups in total. The van der Waals surface area contributed by atoms with Crippen molar-refractivity contribution in [3.63, 3.8) is 0 Å². The zero-order chi connectivity index (χ0) is 19.5. The lowest BCUT2D eigenvalue weighted by Gasteiger charge is -2.31. The van der Waals surface area contributed by atoms with Crippen LogP contribution < -0.4 is 0 Å². The summed E-state index contributed by atoms with van der Waals surface area (Å²) < 4.78 is 26.6. The molecule has 0 saturated carbocycles. The number of nitrogens with zero attached hydrogens (tertiary/aromatic N) is 2. The van der Waals surface area contributed by atoms with Crippen LogP contribution in [0.4, 0.5) is 8.78 Å². The van der Waals surface area contributed by atoms with Gasteiger partial charge in [0.2, 0.25) is 0 Å². The monoisotopic (exact) mass is 384 g/mol. The highest BCUT2D eigenvalue weighted by Crippen LogP contribution is 2.34. The SMILES string of the molecule is O=C(c1ccc(F)cc1)N1CC(CN2CCCCC2)C(c2ccc(F)cc2)C1. The number of piperidine rings is 1. The maximum atomic E-state index is 13.4. The van der Waals surface area contributed by atoms with Crippen LogP contribution in [-0.4, -0.2) is 48.4 Å². The van der Waals surface area contributed by atoms with Gasteiger partial charge in [0.15, 0.2) is 0 Å². The first-order valence-electron chi connectivity index (χ1n) is 10.1. The second-order valence-corrected chi connectivity index (χ2v) is 8.00. The number of halogens is 2. The lowest BCUT2D eigenvalue weighted by molar-refractivity contribution is 0.0781. The van der Waals surface area contributed by atoms with Gasteiger partial charge in [-0.3, -0.25) is 4.79 Å². The molecule has 148 valence electrons. The molecule has 2 atom stereocenters. The van der Waals surface area contributed by atoms with Crippen molar-refractivity contribution in [1.29, 1.82) is 0 Å². The van der Waals surface area contributed by atoms with Crippen LogP contribution >= 0.6 is 0 Å². The quantitative estimate of drug-likeness (QED) is 0.784. The summed E-state index contributed by atoms with van der Waals surface area (Å²) >= 11 is 0. The summed E-state index contributed by atoms with van der Waals surface area (Å²) in [5.41, 5.74) is 1.59. The molecular formula is C23H26F2N2O. The third-order valence-corrected chi connectivity index (χ3v) is 6.06. The van der Waals surface area contributed by atoms with Gasteiger partial charge in [-0.15, -0.1) is 0 Å². The third-order valence-electron chi connectivity index (χ3n) is 6.06. The fraction of sp³-hybridized carbons (Fsp3) is 0.435. The van der Waals surface area contributed by atoms with Gasteiger partial charge in [-0.05, 0) is 73.8 Å². The van der Waals surface area contributed by atoms with Gasteiger partial charge in [-0.1, -0.05) is 18.6 Å². The van der Waals surface area contributed by atoms with Crippen molar-refractivity contribution in [1.82, 2.24) is 9.80 Å². The number of hydrogen-bond acceptors (Lipinski definition) is 2. The van der Waals surface area contributed by atoms with Crippen molar-refractivity contribution < 1.29 is 13.6 Å². The molecule has 2 fully saturated rings. The molecule has 4 rings (SSSR count). The Hall–Kier alpha value is -2.27. The summed E-state index contributed by atoms with van der Waals surface area (Å²) in [6, 6.07) is 12.4. The number of hydrogen-bond donors (Lipinski definition) is 0. The van der Waals surface area contributed by atoms with Crippen LogP contribution in [0.5, 0.6) is 0 Å². The third kappa shape index (κ3) is 4.25. The first kappa shape index (κ1) is 19.1. The van der Waals surface area contributed by atoms with E-state index in [1.54, 1.807) is 12.1 Å². The smallest absolute Gasteiger partial charge is 0.253 e. The minimum Gasteiger partial charge on any atom is -0.338 e. The summed E-state index contributed by atoms with van der Waals surface area (Å²) in [5, 5.41) is 0. The van der Waals surface area contributed by atoms with Gasteiger partial charge < -0.3 is 9.80 Å². The van der Waals surface area contributed by atoms with Gasteiger partial charge >= 0.3 is 0 Å². The normalized spacial score (nSPS) is 23.1. The second-order valence-electron chi connectivity index (χ2n) is 8.00. The van der Waals surface area contributed by atoms with Crippen molar-refractivity contribution in [2.24, 2.45) is 5.92 Å². The van der Waals surface area contributed by atoms with Crippen molar-refractivity contribution in [3.8, 4) is 0 Å². The van der Waals surface area contributed by atoms with Gasteiger partial charge in [0.25, 0.3) is 5.91 Å².